The van der Waals surface area contributed by atoms with E-state index in [2.05, 4.69) is 19.4 Å². The number of imidazole rings is 1. The third kappa shape index (κ3) is 3.73. The van der Waals surface area contributed by atoms with Crippen LogP contribution in [0, 0.1) is 0 Å². The van der Waals surface area contributed by atoms with E-state index in [9.17, 15) is 8.42 Å². The number of rotatable bonds is 6. The number of aromatic nitrogens is 2. The zero-order chi connectivity index (χ0) is 10.4. The highest BCUT2D eigenvalue weighted by atomic mass is 32.2. The number of nitrogens with one attached hydrogen (secondary N) is 3. The fraction of sp³-hybridized carbons (Fsp3) is 0.500. The second-order valence-electron chi connectivity index (χ2n) is 2.43. The Kier molecular flexibility index (Phi) is 3.86. The minimum atomic E-state index is -3.55. The summed E-state index contributed by atoms with van der Waals surface area (Å²) in [5.41, 5.74) is 0. The van der Waals surface area contributed by atoms with Crippen molar-refractivity contribution in [2.45, 2.75) is 0 Å². The standard InChI is InChI=1S/C6H12N4O3S/c1-13-5-4-9-14(11,12)10-6-7-2-3-8-6/h2-3,9H,4-5H2,1H3,(H2,7,8,10). The lowest BCUT2D eigenvalue weighted by atomic mass is 10.7. The largest absolute Gasteiger partial charge is 0.383 e. The van der Waals surface area contributed by atoms with Crippen LogP contribution in [0.5, 0.6) is 0 Å². The first kappa shape index (κ1) is 11.0. The maximum atomic E-state index is 11.2. The van der Waals surface area contributed by atoms with Gasteiger partial charge in [-0.15, -0.1) is 0 Å². The summed E-state index contributed by atoms with van der Waals surface area (Å²) in [4.78, 5) is 6.32. The summed E-state index contributed by atoms with van der Waals surface area (Å²) in [6, 6.07) is 0. The molecule has 0 saturated heterocycles. The fourth-order valence-electron chi connectivity index (χ4n) is 0.763. The Morgan fingerprint density at radius 3 is 3.00 bits per heavy atom. The molecule has 0 aliphatic heterocycles. The van der Waals surface area contributed by atoms with E-state index in [-0.39, 0.29) is 12.5 Å². The van der Waals surface area contributed by atoms with Crippen LogP contribution < -0.4 is 9.44 Å². The smallest absolute Gasteiger partial charge is 0.301 e. The molecule has 1 rings (SSSR count). The van der Waals surface area contributed by atoms with Gasteiger partial charge in [0.2, 0.25) is 5.95 Å². The number of H-pyrrole nitrogens is 1. The van der Waals surface area contributed by atoms with Crippen molar-refractivity contribution in [1.82, 2.24) is 14.7 Å². The average molecular weight is 220 g/mol. The second-order valence-corrected chi connectivity index (χ2v) is 3.93. The molecule has 0 atom stereocenters. The van der Waals surface area contributed by atoms with Gasteiger partial charge in [-0.05, 0) is 0 Å². The van der Waals surface area contributed by atoms with Gasteiger partial charge < -0.3 is 9.72 Å². The average Bonchev–Trinajstić information content (AvgIpc) is 2.56. The molecule has 0 unspecified atom stereocenters. The van der Waals surface area contributed by atoms with Crippen molar-refractivity contribution < 1.29 is 13.2 Å². The summed E-state index contributed by atoms with van der Waals surface area (Å²) in [5.74, 6) is 0.176. The lowest BCUT2D eigenvalue weighted by Crippen LogP contribution is -2.32. The van der Waals surface area contributed by atoms with E-state index in [1.54, 1.807) is 0 Å². The Balaban J connectivity index is 2.42. The second kappa shape index (κ2) is 4.94. The van der Waals surface area contributed by atoms with Crippen molar-refractivity contribution in [3.63, 3.8) is 0 Å². The number of anilines is 1. The van der Waals surface area contributed by atoms with Crippen LogP contribution in [-0.4, -0.2) is 38.6 Å². The summed E-state index contributed by atoms with van der Waals surface area (Å²) >= 11 is 0. The molecule has 0 aliphatic carbocycles. The fourth-order valence-corrected chi connectivity index (χ4v) is 1.55. The third-order valence-corrected chi connectivity index (χ3v) is 2.37. The van der Waals surface area contributed by atoms with Gasteiger partial charge in [0, 0.05) is 26.0 Å². The number of hydrogen-bond acceptors (Lipinski definition) is 4. The van der Waals surface area contributed by atoms with Crippen LogP contribution in [0.25, 0.3) is 0 Å². The van der Waals surface area contributed by atoms with E-state index in [0.717, 1.165) is 0 Å². The van der Waals surface area contributed by atoms with Gasteiger partial charge in [-0.25, -0.2) is 9.71 Å². The lowest BCUT2D eigenvalue weighted by molar-refractivity contribution is 0.204. The van der Waals surface area contributed by atoms with Gasteiger partial charge in [-0.2, -0.15) is 13.1 Å². The number of ether oxygens (including phenoxy) is 1. The lowest BCUT2D eigenvalue weighted by Gasteiger charge is -2.05. The molecule has 0 fully saturated rings. The van der Waals surface area contributed by atoms with Gasteiger partial charge in [0.05, 0.1) is 6.61 Å². The minimum absolute atomic E-state index is 0.176. The van der Waals surface area contributed by atoms with Crippen LogP contribution in [0.1, 0.15) is 0 Å². The van der Waals surface area contributed by atoms with Crippen LogP contribution in [0.2, 0.25) is 0 Å². The molecule has 0 amide bonds. The molecule has 80 valence electrons. The molecule has 0 aromatic carbocycles. The Hall–Kier alpha value is -1.12. The summed E-state index contributed by atoms with van der Waals surface area (Å²) in [7, 11) is -2.06. The zero-order valence-electron chi connectivity index (χ0n) is 7.65. The Morgan fingerprint density at radius 1 is 1.64 bits per heavy atom. The quantitative estimate of drug-likeness (QED) is 0.552. The molecule has 1 aromatic heterocycles. The van der Waals surface area contributed by atoms with Gasteiger partial charge in [0.25, 0.3) is 0 Å². The number of nitrogens with zero attached hydrogens (tertiary/aromatic N) is 1. The number of aromatic amines is 1. The molecule has 8 heteroatoms. The maximum Gasteiger partial charge on any atom is 0.301 e. The molecular formula is C6H12N4O3S. The van der Waals surface area contributed by atoms with Crippen molar-refractivity contribution >= 4 is 16.2 Å². The first-order valence-electron chi connectivity index (χ1n) is 3.90. The van der Waals surface area contributed by atoms with Crippen molar-refractivity contribution in [3.8, 4) is 0 Å². The summed E-state index contributed by atoms with van der Waals surface area (Å²) < 4.78 is 31.6. The summed E-state index contributed by atoms with van der Waals surface area (Å²) in [6.45, 7) is 0.533. The molecular weight excluding hydrogens is 208 g/mol. The predicted molar refractivity (Wildman–Crippen MR) is 51.0 cm³/mol. The van der Waals surface area contributed by atoms with Crippen LogP contribution in [0.4, 0.5) is 5.95 Å². The monoisotopic (exact) mass is 220 g/mol. The Labute approximate surface area is 82.1 Å². The van der Waals surface area contributed by atoms with E-state index in [1.807, 2.05) is 0 Å². The molecule has 0 radical (unpaired) electrons. The zero-order valence-corrected chi connectivity index (χ0v) is 8.47. The molecule has 0 aliphatic rings. The highest BCUT2D eigenvalue weighted by Crippen LogP contribution is 1.97. The van der Waals surface area contributed by atoms with E-state index in [0.29, 0.717) is 6.61 Å². The highest BCUT2D eigenvalue weighted by Gasteiger charge is 2.09. The highest BCUT2D eigenvalue weighted by molar-refractivity contribution is 7.90. The van der Waals surface area contributed by atoms with Gasteiger partial charge in [-0.3, -0.25) is 0 Å². The van der Waals surface area contributed by atoms with E-state index >= 15 is 0 Å². The predicted octanol–water partition coefficient (Wildman–Crippen LogP) is -0.698. The molecule has 3 N–H and O–H groups in total. The first-order valence-corrected chi connectivity index (χ1v) is 5.38. The topological polar surface area (TPSA) is 96.1 Å². The summed E-state index contributed by atoms with van der Waals surface area (Å²) in [6.07, 6.45) is 2.97. The van der Waals surface area contributed by atoms with Crippen LogP contribution in [0.15, 0.2) is 12.4 Å². The van der Waals surface area contributed by atoms with Crippen LogP contribution in [0.3, 0.4) is 0 Å². The molecule has 0 bridgehead atoms. The van der Waals surface area contributed by atoms with Crippen molar-refractivity contribution in [2.75, 3.05) is 25.0 Å². The number of methoxy groups -OCH3 is 1. The maximum absolute atomic E-state index is 11.2. The molecule has 0 saturated carbocycles. The van der Waals surface area contributed by atoms with E-state index in [1.165, 1.54) is 19.5 Å². The SMILES string of the molecule is COCCNS(=O)(=O)Nc1ncc[nH]1. The normalized spacial score (nSPS) is 11.5. The van der Waals surface area contributed by atoms with Crippen molar-refractivity contribution in [1.29, 1.82) is 0 Å². The first-order chi connectivity index (χ1) is 6.64. The van der Waals surface area contributed by atoms with E-state index in [4.69, 9.17) is 4.74 Å². The minimum Gasteiger partial charge on any atom is -0.383 e. The third-order valence-electron chi connectivity index (χ3n) is 1.33. The van der Waals surface area contributed by atoms with Gasteiger partial charge >= 0.3 is 10.2 Å². The summed E-state index contributed by atoms with van der Waals surface area (Å²) in [5, 5.41) is 0. The van der Waals surface area contributed by atoms with Gasteiger partial charge in [0.15, 0.2) is 0 Å². The van der Waals surface area contributed by atoms with E-state index < -0.39 is 10.2 Å². The molecule has 14 heavy (non-hydrogen) atoms. The molecule has 7 nitrogen and oxygen atoms in total. The van der Waals surface area contributed by atoms with Gasteiger partial charge in [0.1, 0.15) is 0 Å². The Morgan fingerprint density at radius 2 is 2.43 bits per heavy atom. The molecule has 1 heterocycles. The molecule has 0 spiro atoms. The van der Waals surface area contributed by atoms with Crippen molar-refractivity contribution in [2.24, 2.45) is 0 Å². The van der Waals surface area contributed by atoms with Crippen LogP contribution >= 0.6 is 0 Å². The van der Waals surface area contributed by atoms with Crippen LogP contribution in [-0.2, 0) is 14.9 Å². The Bertz CT molecular complexity index is 347. The number of hydrogen-bond donors (Lipinski definition) is 3. The molecule has 1 aromatic rings. The van der Waals surface area contributed by atoms with Crippen molar-refractivity contribution in [3.05, 3.63) is 12.4 Å². The van der Waals surface area contributed by atoms with Gasteiger partial charge in [-0.1, -0.05) is 0 Å².